The third kappa shape index (κ3) is 2.68. The highest BCUT2D eigenvalue weighted by Crippen LogP contribution is 2.10. The second-order valence-corrected chi connectivity index (χ2v) is 3.87. The molecule has 0 aromatic rings. The number of hydrogen-bond donors (Lipinski definition) is 2. The summed E-state index contributed by atoms with van der Waals surface area (Å²) in [6.07, 6.45) is 1.19. The summed E-state index contributed by atoms with van der Waals surface area (Å²) in [7, 11) is 0. The molecule has 5 heteroatoms. The zero-order valence-electron chi connectivity index (χ0n) is 9.19. The minimum atomic E-state index is -0.619. The predicted molar refractivity (Wildman–Crippen MR) is 55.1 cm³/mol. The highest BCUT2D eigenvalue weighted by molar-refractivity contribution is 6.35. The van der Waals surface area contributed by atoms with Gasteiger partial charge in [-0.05, 0) is 13.3 Å². The number of aliphatic hydroxyl groups is 1. The molecule has 2 amide bonds. The van der Waals surface area contributed by atoms with Gasteiger partial charge in [0.1, 0.15) is 0 Å². The van der Waals surface area contributed by atoms with Gasteiger partial charge in [0.25, 0.3) is 0 Å². The summed E-state index contributed by atoms with van der Waals surface area (Å²) in [6, 6.07) is -0.290. The van der Waals surface area contributed by atoms with Crippen LogP contribution in [-0.2, 0) is 9.59 Å². The Morgan fingerprint density at radius 2 is 2.27 bits per heavy atom. The summed E-state index contributed by atoms with van der Waals surface area (Å²) in [6.45, 7) is 4.53. The molecule has 86 valence electrons. The Morgan fingerprint density at radius 1 is 1.60 bits per heavy atom. The monoisotopic (exact) mass is 214 g/mol. The second-order valence-electron chi connectivity index (χ2n) is 3.87. The SMILES string of the molecule is CCCCN1C(=O)C(=O)NC[C@@H]1C(C)O. The smallest absolute Gasteiger partial charge is 0.312 e. The van der Waals surface area contributed by atoms with Gasteiger partial charge < -0.3 is 15.3 Å². The van der Waals surface area contributed by atoms with Gasteiger partial charge in [-0.15, -0.1) is 0 Å². The van der Waals surface area contributed by atoms with E-state index in [1.54, 1.807) is 6.92 Å². The maximum absolute atomic E-state index is 11.5. The molecule has 1 unspecified atom stereocenters. The fraction of sp³-hybridized carbons (Fsp3) is 0.800. The van der Waals surface area contributed by atoms with E-state index in [1.165, 1.54) is 4.90 Å². The average Bonchev–Trinajstić information content (AvgIpc) is 2.19. The number of carbonyl (C=O) groups excluding carboxylic acids is 2. The molecule has 0 radical (unpaired) electrons. The van der Waals surface area contributed by atoms with Gasteiger partial charge in [-0.2, -0.15) is 0 Å². The molecular weight excluding hydrogens is 196 g/mol. The standard InChI is InChI=1S/C10H18N2O3/c1-3-4-5-12-8(7(2)13)6-11-9(14)10(12)15/h7-8,13H,3-6H2,1-2H3,(H,11,14)/t7?,8-/m1/s1. The van der Waals surface area contributed by atoms with Crippen LogP contribution in [0.3, 0.4) is 0 Å². The van der Waals surface area contributed by atoms with Gasteiger partial charge >= 0.3 is 11.8 Å². The van der Waals surface area contributed by atoms with Crippen molar-refractivity contribution < 1.29 is 14.7 Å². The molecule has 1 heterocycles. The quantitative estimate of drug-likeness (QED) is 0.619. The Balaban J connectivity index is 2.70. The fourth-order valence-corrected chi connectivity index (χ4v) is 1.69. The van der Waals surface area contributed by atoms with Crippen molar-refractivity contribution in [1.82, 2.24) is 10.2 Å². The predicted octanol–water partition coefficient (Wildman–Crippen LogP) is -0.506. The molecule has 0 aromatic carbocycles. The average molecular weight is 214 g/mol. The van der Waals surface area contributed by atoms with Crippen LogP contribution in [0.2, 0.25) is 0 Å². The summed E-state index contributed by atoms with van der Waals surface area (Å²) < 4.78 is 0. The summed E-state index contributed by atoms with van der Waals surface area (Å²) >= 11 is 0. The van der Waals surface area contributed by atoms with Crippen molar-refractivity contribution in [3.63, 3.8) is 0 Å². The van der Waals surface area contributed by atoms with E-state index in [1.807, 2.05) is 6.92 Å². The van der Waals surface area contributed by atoms with Crippen LogP contribution in [0.4, 0.5) is 0 Å². The molecule has 5 nitrogen and oxygen atoms in total. The lowest BCUT2D eigenvalue weighted by atomic mass is 10.1. The van der Waals surface area contributed by atoms with Gasteiger partial charge in [0.15, 0.2) is 0 Å². The summed E-state index contributed by atoms with van der Waals surface area (Å²) in [4.78, 5) is 24.2. The molecule has 0 spiro atoms. The van der Waals surface area contributed by atoms with E-state index in [9.17, 15) is 14.7 Å². The molecule has 1 aliphatic heterocycles. The Hall–Kier alpha value is -1.10. The molecule has 1 rings (SSSR count). The van der Waals surface area contributed by atoms with Crippen LogP contribution in [0.1, 0.15) is 26.7 Å². The molecule has 0 saturated carbocycles. The van der Waals surface area contributed by atoms with Gasteiger partial charge in [-0.25, -0.2) is 0 Å². The van der Waals surface area contributed by atoms with Crippen molar-refractivity contribution in [3.8, 4) is 0 Å². The third-order valence-corrected chi connectivity index (χ3v) is 2.64. The van der Waals surface area contributed by atoms with Gasteiger partial charge in [-0.3, -0.25) is 9.59 Å². The summed E-state index contributed by atoms with van der Waals surface area (Å²) in [5.74, 6) is -1.09. The number of aliphatic hydroxyl groups excluding tert-OH is 1. The van der Waals surface area contributed by atoms with E-state index in [0.29, 0.717) is 13.1 Å². The molecule has 1 fully saturated rings. The van der Waals surface area contributed by atoms with Crippen molar-refractivity contribution >= 4 is 11.8 Å². The molecule has 0 aromatic heterocycles. The molecule has 2 N–H and O–H groups in total. The van der Waals surface area contributed by atoms with Gasteiger partial charge in [0, 0.05) is 13.1 Å². The first-order valence-corrected chi connectivity index (χ1v) is 5.34. The van der Waals surface area contributed by atoms with E-state index in [4.69, 9.17) is 0 Å². The second kappa shape index (κ2) is 5.11. The van der Waals surface area contributed by atoms with E-state index in [0.717, 1.165) is 12.8 Å². The molecule has 2 atom stereocenters. The number of rotatable bonds is 4. The van der Waals surface area contributed by atoms with Gasteiger partial charge in [0.05, 0.1) is 12.1 Å². The van der Waals surface area contributed by atoms with Crippen molar-refractivity contribution in [2.75, 3.05) is 13.1 Å². The molecule has 15 heavy (non-hydrogen) atoms. The number of nitrogens with one attached hydrogen (secondary N) is 1. The van der Waals surface area contributed by atoms with Crippen LogP contribution in [-0.4, -0.2) is 47.1 Å². The van der Waals surface area contributed by atoms with Crippen molar-refractivity contribution in [2.45, 2.75) is 38.8 Å². The number of unbranched alkanes of at least 4 members (excludes halogenated alkanes) is 1. The lowest BCUT2D eigenvalue weighted by molar-refractivity contribution is -0.152. The van der Waals surface area contributed by atoms with E-state index in [2.05, 4.69) is 5.32 Å². The van der Waals surface area contributed by atoms with Crippen LogP contribution in [0.5, 0.6) is 0 Å². The third-order valence-electron chi connectivity index (χ3n) is 2.64. The first-order valence-electron chi connectivity index (χ1n) is 5.34. The Labute approximate surface area is 89.4 Å². The van der Waals surface area contributed by atoms with Crippen LogP contribution >= 0.6 is 0 Å². The highest BCUT2D eigenvalue weighted by Gasteiger charge is 2.35. The van der Waals surface area contributed by atoms with Crippen molar-refractivity contribution in [2.24, 2.45) is 0 Å². The van der Waals surface area contributed by atoms with Crippen molar-refractivity contribution in [3.05, 3.63) is 0 Å². The van der Waals surface area contributed by atoms with Crippen LogP contribution in [0.15, 0.2) is 0 Å². The first-order chi connectivity index (χ1) is 7.07. The molecule has 1 saturated heterocycles. The zero-order valence-corrected chi connectivity index (χ0v) is 9.19. The number of carbonyl (C=O) groups is 2. The Kier molecular flexibility index (Phi) is 4.08. The van der Waals surface area contributed by atoms with Crippen molar-refractivity contribution in [1.29, 1.82) is 0 Å². The van der Waals surface area contributed by atoms with E-state index in [-0.39, 0.29) is 6.04 Å². The Morgan fingerprint density at radius 3 is 2.80 bits per heavy atom. The van der Waals surface area contributed by atoms with Crippen LogP contribution in [0.25, 0.3) is 0 Å². The number of hydrogen-bond acceptors (Lipinski definition) is 3. The van der Waals surface area contributed by atoms with Crippen LogP contribution in [0, 0.1) is 0 Å². The summed E-state index contributed by atoms with van der Waals surface area (Å²) in [5, 5.41) is 12.0. The summed E-state index contributed by atoms with van der Waals surface area (Å²) in [5.41, 5.74) is 0. The number of piperazine rings is 1. The first kappa shape index (κ1) is 12.0. The molecule has 1 aliphatic rings. The number of amides is 2. The zero-order chi connectivity index (χ0) is 11.4. The Bertz CT molecular complexity index is 253. The van der Waals surface area contributed by atoms with E-state index < -0.39 is 17.9 Å². The topological polar surface area (TPSA) is 69.6 Å². The van der Waals surface area contributed by atoms with E-state index >= 15 is 0 Å². The largest absolute Gasteiger partial charge is 0.391 e. The minimum absolute atomic E-state index is 0.290. The molecule has 0 aliphatic carbocycles. The highest BCUT2D eigenvalue weighted by atomic mass is 16.3. The maximum Gasteiger partial charge on any atom is 0.312 e. The normalized spacial score (nSPS) is 23.9. The lowest BCUT2D eigenvalue weighted by Gasteiger charge is -2.36. The van der Waals surface area contributed by atoms with Crippen LogP contribution < -0.4 is 5.32 Å². The molecule has 0 bridgehead atoms. The fourth-order valence-electron chi connectivity index (χ4n) is 1.69. The van der Waals surface area contributed by atoms with Gasteiger partial charge in [0.2, 0.25) is 0 Å². The maximum atomic E-state index is 11.5. The molecular formula is C10H18N2O3. The minimum Gasteiger partial charge on any atom is -0.391 e. The van der Waals surface area contributed by atoms with Gasteiger partial charge in [-0.1, -0.05) is 13.3 Å². The lowest BCUT2D eigenvalue weighted by Crippen LogP contribution is -2.61. The number of nitrogens with zero attached hydrogens (tertiary/aromatic N) is 1.